The Balaban J connectivity index is 1.84. The van der Waals surface area contributed by atoms with Crippen LogP contribution in [0.25, 0.3) is 11.0 Å². The van der Waals surface area contributed by atoms with Crippen molar-refractivity contribution in [3.8, 4) is 0 Å². The molecule has 0 aliphatic heterocycles. The quantitative estimate of drug-likeness (QED) is 0.693. The van der Waals surface area contributed by atoms with Crippen molar-refractivity contribution in [2.45, 2.75) is 33.4 Å². The zero-order chi connectivity index (χ0) is 16.4. The zero-order valence-corrected chi connectivity index (χ0v) is 13.4. The lowest BCUT2D eigenvalue weighted by Crippen LogP contribution is -2.10. The van der Waals surface area contributed by atoms with Gasteiger partial charge >= 0.3 is 5.97 Å². The molecule has 0 aliphatic carbocycles. The van der Waals surface area contributed by atoms with Crippen LogP contribution in [0.4, 0.5) is 0 Å². The van der Waals surface area contributed by atoms with E-state index in [-0.39, 0.29) is 12.6 Å². The number of hydrogen-bond acceptors (Lipinski definition) is 5. The van der Waals surface area contributed by atoms with Crippen molar-refractivity contribution in [3.05, 3.63) is 53.6 Å². The fourth-order valence-corrected chi connectivity index (χ4v) is 2.36. The van der Waals surface area contributed by atoms with Gasteiger partial charge < -0.3 is 4.74 Å². The van der Waals surface area contributed by atoms with Crippen LogP contribution in [0.1, 0.15) is 41.5 Å². The van der Waals surface area contributed by atoms with E-state index >= 15 is 0 Å². The number of rotatable bonds is 4. The molecule has 0 spiro atoms. The minimum atomic E-state index is -0.391. The molecule has 6 heteroatoms. The summed E-state index contributed by atoms with van der Waals surface area (Å²) in [6, 6.07) is 5.67. The summed E-state index contributed by atoms with van der Waals surface area (Å²) in [7, 11) is 0. The van der Waals surface area contributed by atoms with Crippen molar-refractivity contribution >= 4 is 17.0 Å². The van der Waals surface area contributed by atoms with Gasteiger partial charge in [0.15, 0.2) is 5.65 Å². The SMILES string of the molecule is Cc1nc2c(cnn2C(C)C)cc1C(=O)OCc1cccnc1. The number of aromatic nitrogens is 4. The molecule has 3 aromatic heterocycles. The van der Waals surface area contributed by atoms with Crippen LogP contribution in [0.3, 0.4) is 0 Å². The van der Waals surface area contributed by atoms with Crippen molar-refractivity contribution in [3.63, 3.8) is 0 Å². The molecule has 0 amide bonds. The normalized spacial score (nSPS) is 11.1. The summed E-state index contributed by atoms with van der Waals surface area (Å²) in [5.74, 6) is -0.391. The van der Waals surface area contributed by atoms with Gasteiger partial charge in [-0.3, -0.25) is 4.98 Å². The van der Waals surface area contributed by atoms with Gasteiger partial charge in [-0.2, -0.15) is 5.10 Å². The summed E-state index contributed by atoms with van der Waals surface area (Å²) in [6.07, 6.45) is 5.08. The second kappa shape index (κ2) is 6.16. The summed E-state index contributed by atoms with van der Waals surface area (Å²) >= 11 is 0. The summed E-state index contributed by atoms with van der Waals surface area (Å²) in [5.41, 5.74) is 2.72. The highest BCUT2D eigenvalue weighted by Gasteiger charge is 2.16. The number of ether oxygens (including phenoxy) is 1. The van der Waals surface area contributed by atoms with Crippen LogP contribution in [0.15, 0.2) is 36.8 Å². The minimum Gasteiger partial charge on any atom is -0.457 e. The number of nitrogens with zero attached hydrogens (tertiary/aromatic N) is 4. The monoisotopic (exact) mass is 310 g/mol. The summed E-state index contributed by atoms with van der Waals surface area (Å²) in [6.45, 7) is 6.08. The molecule has 0 radical (unpaired) electrons. The first-order valence-electron chi connectivity index (χ1n) is 7.47. The van der Waals surface area contributed by atoms with Gasteiger partial charge in [-0.15, -0.1) is 0 Å². The van der Waals surface area contributed by atoms with E-state index in [0.717, 1.165) is 16.6 Å². The molecule has 0 saturated heterocycles. The Morgan fingerprint density at radius 2 is 2.17 bits per heavy atom. The molecule has 0 saturated carbocycles. The highest BCUT2D eigenvalue weighted by atomic mass is 16.5. The van der Waals surface area contributed by atoms with Gasteiger partial charge in [-0.05, 0) is 32.9 Å². The summed E-state index contributed by atoms with van der Waals surface area (Å²) in [4.78, 5) is 20.8. The standard InChI is InChI=1S/C17H18N4O2/c1-11(2)21-16-14(9-19-21)7-15(12(3)20-16)17(22)23-10-13-5-4-6-18-8-13/h4-9,11H,10H2,1-3H3. The molecule has 0 unspecified atom stereocenters. The van der Waals surface area contributed by atoms with Crippen molar-refractivity contribution in [1.29, 1.82) is 0 Å². The Morgan fingerprint density at radius 1 is 1.35 bits per heavy atom. The van der Waals surface area contributed by atoms with Crippen LogP contribution >= 0.6 is 0 Å². The average molecular weight is 310 g/mol. The van der Waals surface area contributed by atoms with Crippen LogP contribution in [0.2, 0.25) is 0 Å². The lowest BCUT2D eigenvalue weighted by atomic mass is 10.1. The molecule has 0 N–H and O–H groups in total. The second-order valence-electron chi connectivity index (χ2n) is 5.65. The van der Waals surface area contributed by atoms with Gasteiger partial charge in [0.25, 0.3) is 0 Å². The first-order chi connectivity index (χ1) is 11.1. The molecule has 6 nitrogen and oxygen atoms in total. The van der Waals surface area contributed by atoms with Crippen LogP contribution in [0.5, 0.6) is 0 Å². The summed E-state index contributed by atoms with van der Waals surface area (Å²) < 4.78 is 7.19. The summed E-state index contributed by atoms with van der Waals surface area (Å²) in [5, 5.41) is 5.15. The Hall–Kier alpha value is -2.76. The molecule has 3 heterocycles. The van der Waals surface area contributed by atoms with E-state index in [1.54, 1.807) is 31.6 Å². The third-order valence-electron chi connectivity index (χ3n) is 3.56. The van der Waals surface area contributed by atoms with E-state index in [1.807, 2.05) is 30.7 Å². The number of esters is 1. The van der Waals surface area contributed by atoms with E-state index in [9.17, 15) is 4.79 Å². The van der Waals surface area contributed by atoms with E-state index in [0.29, 0.717) is 11.3 Å². The molecule has 0 bridgehead atoms. The molecule has 118 valence electrons. The Labute approximate surface area is 134 Å². The molecule has 0 aromatic carbocycles. The number of hydrogen-bond donors (Lipinski definition) is 0. The van der Waals surface area contributed by atoms with Crippen LogP contribution < -0.4 is 0 Å². The third kappa shape index (κ3) is 3.06. The van der Waals surface area contributed by atoms with Gasteiger partial charge in [-0.1, -0.05) is 6.07 Å². The lowest BCUT2D eigenvalue weighted by molar-refractivity contribution is 0.0471. The molecule has 23 heavy (non-hydrogen) atoms. The van der Waals surface area contributed by atoms with Crippen molar-refractivity contribution < 1.29 is 9.53 Å². The molecule has 3 aromatic rings. The zero-order valence-electron chi connectivity index (χ0n) is 13.4. The Morgan fingerprint density at radius 3 is 2.87 bits per heavy atom. The average Bonchev–Trinajstić information content (AvgIpc) is 2.95. The van der Waals surface area contributed by atoms with Crippen LogP contribution in [-0.2, 0) is 11.3 Å². The predicted molar refractivity (Wildman–Crippen MR) is 86.0 cm³/mol. The smallest absolute Gasteiger partial charge is 0.340 e. The molecule has 0 aliphatic rings. The highest BCUT2D eigenvalue weighted by Crippen LogP contribution is 2.20. The second-order valence-corrected chi connectivity index (χ2v) is 5.65. The largest absolute Gasteiger partial charge is 0.457 e. The van der Waals surface area contributed by atoms with Gasteiger partial charge in [0.05, 0.1) is 17.5 Å². The molecular formula is C17H18N4O2. The van der Waals surface area contributed by atoms with Gasteiger partial charge in [-0.25, -0.2) is 14.5 Å². The number of aryl methyl sites for hydroxylation is 1. The minimum absolute atomic E-state index is 0.190. The molecular weight excluding hydrogens is 292 g/mol. The molecule has 0 fully saturated rings. The first kappa shape index (κ1) is 15.1. The topological polar surface area (TPSA) is 69.9 Å². The molecule has 3 rings (SSSR count). The number of carbonyl (C=O) groups excluding carboxylic acids is 1. The maximum Gasteiger partial charge on any atom is 0.340 e. The first-order valence-corrected chi connectivity index (χ1v) is 7.47. The van der Waals surface area contributed by atoms with E-state index in [4.69, 9.17) is 4.74 Å². The highest BCUT2D eigenvalue weighted by molar-refractivity contribution is 5.94. The Bertz CT molecular complexity index is 840. The van der Waals surface area contributed by atoms with Crippen molar-refractivity contribution in [1.82, 2.24) is 19.7 Å². The number of fused-ring (bicyclic) bond motifs is 1. The van der Waals surface area contributed by atoms with Crippen LogP contribution in [-0.4, -0.2) is 25.7 Å². The maximum absolute atomic E-state index is 12.3. The predicted octanol–water partition coefficient (Wildman–Crippen LogP) is 3.07. The lowest BCUT2D eigenvalue weighted by Gasteiger charge is -2.09. The number of pyridine rings is 2. The van der Waals surface area contributed by atoms with Crippen molar-refractivity contribution in [2.24, 2.45) is 0 Å². The maximum atomic E-state index is 12.3. The third-order valence-corrected chi connectivity index (χ3v) is 3.56. The van der Waals surface area contributed by atoms with E-state index < -0.39 is 5.97 Å². The van der Waals surface area contributed by atoms with Gasteiger partial charge in [0.1, 0.15) is 6.61 Å². The Kier molecular flexibility index (Phi) is 4.06. The van der Waals surface area contributed by atoms with E-state index in [1.165, 1.54) is 0 Å². The van der Waals surface area contributed by atoms with Gasteiger partial charge in [0, 0.05) is 29.4 Å². The number of carbonyl (C=O) groups is 1. The van der Waals surface area contributed by atoms with E-state index in [2.05, 4.69) is 15.1 Å². The fourth-order valence-electron chi connectivity index (χ4n) is 2.36. The fraction of sp³-hybridized carbons (Fsp3) is 0.294. The van der Waals surface area contributed by atoms with Crippen LogP contribution in [0, 0.1) is 6.92 Å². The molecule has 0 atom stereocenters. The van der Waals surface area contributed by atoms with Gasteiger partial charge in [0.2, 0.25) is 0 Å². The van der Waals surface area contributed by atoms with Crippen molar-refractivity contribution in [2.75, 3.05) is 0 Å².